The molecule has 5 aliphatic heterocycles. The van der Waals surface area contributed by atoms with Crippen LogP contribution in [0.5, 0.6) is 11.8 Å². The summed E-state index contributed by atoms with van der Waals surface area (Å²) in [6, 6.07) is 8.87. The van der Waals surface area contributed by atoms with Crippen LogP contribution < -0.4 is 25.2 Å². The highest BCUT2D eigenvalue weighted by Crippen LogP contribution is 2.48. The lowest BCUT2D eigenvalue weighted by atomic mass is 9.86. The number of benzene rings is 2. The number of pyridine rings is 2. The molecule has 6 aliphatic rings. The molecule has 1 aliphatic carbocycles. The Hall–Kier alpha value is -6.11. The third-order valence-corrected chi connectivity index (χ3v) is 15.0. The Balaban J connectivity index is 0.726. The van der Waals surface area contributed by atoms with Gasteiger partial charge in [0, 0.05) is 95.5 Å². The van der Waals surface area contributed by atoms with Gasteiger partial charge in [-0.2, -0.15) is 9.97 Å². The van der Waals surface area contributed by atoms with Gasteiger partial charge in [0.2, 0.25) is 11.8 Å². The van der Waals surface area contributed by atoms with Gasteiger partial charge in [0.25, 0.3) is 5.91 Å². The average Bonchev–Trinajstić information content (AvgIpc) is 4.10. The van der Waals surface area contributed by atoms with Crippen LogP contribution in [0.15, 0.2) is 48.8 Å². The number of fused-ring (bicyclic) bond motifs is 2. The summed E-state index contributed by atoms with van der Waals surface area (Å²) < 4.78 is 44.9. The predicted molar refractivity (Wildman–Crippen MR) is 250 cm³/mol. The van der Waals surface area contributed by atoms with Gasteiger partial charge in [-0.1, -0.05) is 13.0 Å². The Morgan fingerprint density at radius 1 is 0.971 bits per heavy atom. The molecule has 2 unspecified atom stereocenters. The number of phenols is 1. The van der Waals surface area contributed by atoms with E-state index in [-0.39, 0.29) is 58.4 Å². The number of ether oxygens (including phenoxy) is 2. The molecular formula is C50H56F2N10O6. The van der Waals surface area contributed by atoms with Crippen molar-refractivity contribution in [3.05, 3.63) is 71.7 Å². The molecule has 8 heterocycles. The van der Waals surface area contributed by atoms with Gasteiger partial charge in [0.15, 0.2) is 5.82 Å². The predicted octanol–water partition coefficient (Wildman–Crippen LogP) is 4.99. The van der Waals surface area contributed by atoms with Crippen molar-refractivity contribution in [3.63, 3.8) is 0 Å². The lowest BCUT2D eigenvalue weighted by molar-refractivity contribution is -0.151. The van der Waals surface area contributed by atoms with Crippen molar-refractivity contribution in [1.29, 1.82) is 0 Å². The first kappa shape index (κ1) is 44.4. The fourth-order valence-corrected chi connectivity index (χ4v) is 11.0. The summed E-state index contributed by atoms with van der Waals surface area (Å²) in [5.41, 5.74) is 1.63. The van der Waals surface area contributed by atoms with Crippen LogP contribution in [0.25, 0.3) is 32.9 Å². The molecule has 2 aromatic carbocycles. The molecule has 68 heavy (non-hydrogen) atoms. The zero-order valence-electron chi connectivity index (χ0n) is 38.2. The molecule has 11 rings (SSSR count). The summed E-state index contributed by atoms with van der Waals surface area (Å²) >= 11 is 0. The van der Waals surface area contributed by atoms with E-state index in [1.165, 1.54) is 12.1 Å². The number of piperazine rings is 1. The Bertz CT molecular complexity index is 2790. The van der Waals surface area contributed by atoms with Gasteiger partial charge in [-0.15, -0.1) is 0 Å². The number of aryl methyl sites for hydroxylation is 1. The number of halogens is 2. The summed E-state index contributed by atoms with van der Waals surface area (Å²) in [5, 5.41) is 17.2. The van der Waals surface area contributed by atoms with Crippen LogP contribution in [-0.4, -0.2) is 143 Å². The third kappa shape index (κ3) is 8.66. The zero-order chi connectivity index (χ0) is 46.7. The SMILES string of the molecule is CCc1c(F)ccc2cc(O)cc(-c3ncc4c(N5CCCC6(CCO6)C5)nc(OCC5(CN6CC(CN7CCN(c8ccc(C(=O)NC9CCC(=O)NC9=O)nc8)CC7)C6)CC5)nc4c3F)c12. The molecule has 16 nitrogen and oxygen atoms in total. The maximum absolute atomic E-state index is 17.2. The lowest BCUT2D eigenvalue weighted by Gasteiger charge is -2.48. The normalized spacial score (nSPS) is 23.1. The molecule has 1 saturated carbocycles. The number of hydrogen-bond acceptors (Lipinski definition) is 14. The molecule has 0 radical (unpaired) electrons. The summed E-state index contributed by atoms with van der Waals surface area (Å²) in [6.45, 7) is 11.8. The second-order valence-corrected chi connectivity index (χ2v) is 19.8. The molecule has 0 bridgehead atoms. The van der Waals surface area contributed by atoms with Crippen LogP contribution in [0.4, 0.5) is 20.3 Å². The molecule has 6 fully saturated rings. The van der Waals surface area contributed by atoms with Crippen molar-refractivity contribution in [3.8, 4) is 23.0 Å². The third-order valence-electron chi connectivity index (χ3n) is 15.0. The van der Waals surface area contributed by atoms with Crippen molar-refractivity contribution in [2.24, 2.45) is 11.3 Å². The molecule has 356 valence electrons. The topological polar surface area (TPSA) is 178 Å². The number of hydrogen-bond donors (Lipinski definition) is 3. The Morgan fingerprint density at radius 3 is 2.51 bits per heavy atom. The molecule has 3 aromatic heterocycles. The summed E-state index contributed by atoms with van der Waals surface area (Å²) in [6.07, 6.45) is 8.98. The number of piperidine rings is 2. The highest BCUT2D eigenvalue weighted by atomic mass is 19.1. The van der Waals surface area contributed by atoms with Crippen molar-refractivity contribution >= 4 is 50.9 Å². The number of aromatic nitrogens is 4. The number of aromatic hydroxyl groups is 1. The van der Waals surface area contributed by atoms with Crippen molar-refractivity contribution in [1.82, 2.24) is 40.4 Å². The molecule has 18 heteroatoms. The monoisotopic (exact) mass is 930 g/mol. The Kier molecular flexibility index (Phi) is 11.6. The molecule has 5 aromatic rings. The number of carbonyl (C=O) groups is 3. The van der Waals surface area contributed by atoms with E-state index < -0.39 is 29.5 Å². The first-order valence-electron chi connectivity index (χ1n) is 24.1. The number of nitrogens with one attached hydrogen (secondary N) is 2. The van der Waals surface area contributed by atoms with Gasteiger partial charge in [0.1, 0.15) is 40.3 Å². The van der Waals surface area contributed by atoms with E-state index in [1.807, 2.05) is 13.0 Å². The number of imide groups is 1. The van der Waals surface area contributed by atoms with Crippen molar-refractivity contribution in [2.75, 3.05) is 88.5 Å². The fourth-order valence-electron chi connectivity index (χ4n) is 11.0. The van der Waals surface area contributed by atoms with Crippen LogP contribution in [-0.2, 0) is 20.7 Å². The number of carbonyl (C=O) groups excluding carboxylic acids is 3. The Labute approximate surface area is 392 Å². The highest BCUT2D eigenvalue weighted by molar-refractivity contribution is 6.04. The molecular weight excluding hydrogens is 875 g/mol. The van der Waals surface area contributed by atoms with Gasteiger partial charge in [0.05, 0.1) is 36.1 Å². The van der Waals surface area contributed by atoms with E-state index in [0.717, 1.165) is 103 Å². The zero-order valence-corrected chi connectivity index (χ0v) is 38.2. The standard InChI is InChI=1S/C50H56F2N10O6/c1-2-34-37(51)6-4-31-20-33(63)21-35(41(31)34)43-42(52)44-36(23-54-43)45(62-14-3-10-50(28-62)13-19-68-50)58-48(57-44)67-29-49(11-12-49)27-60-25-30(26-60)24-59-15-17-61(18-16-59)32-5-7-38(53-22-32)46(65)55-39-8-9-40(64)56-47(39)66/h4-7,20-23,30,39,63H,2-3,8-19,24-29H2,1H3,(H,55,65)(H,56,64,66). The summed E-state index contributed by atoms with van der Waals surface area (Å²) in [4.78, 5) is 64.4. The number of rotatable bonds is 13. The molecule has 2 atom stereocenters. The lowest BCUT2D eigenvalue weighted by Crippen LogP contribution is -2.56. The quantitative estimate of drug-likeness (QED) is 0.135. The van der Waals surface area contributed by atoms with Crippen LogP contribution in [0.1, 0.15) is 67.9 Å². The van der Waals surface area contributed by atoms with Gasteiger partial charge >= 0.3 is 6.01 Å². The van der Waals surface area contributed by atoms with E-state index in [4.69, 9.17) is 19.4 Å². The van der Waals surface area contributed by atoms with E-state index in [9.17, 15) is 19.5 Å². The van der Waals surface area contributed by atoms with E-state index in [0.29, 0.717) is 58.6 Å². The van der Waals surface area contributed by atoms with Gasteiger partial charge in [-0.3, -0.25) is 29.6 Å². The minimum Gasteiger partial charge on any atom is -0.508 e. The van der Waals surface area contributed by atoms with Gasteiger partial charge in [-0.05, 0) is 91.1 Å². The first-order chi connectivity index (χ1) is 32.9. The number of anilines is 2. The van der Waals surface area contributed by atoms with E-state index in [1.54, 1.807) is 30.6 Å². The maximum Gasteiger partial charge on any atom is 0.319 e. The summed E-state index contributed by atoms with van der Waals surface area (Å²) in [7, 11) is 0. The van der Waals surface area contributed by atoms with Gasteiger partial charge in [-0.25, -0.2) is 13.8 Å². The fraction of sp³-hybridized carbons (Fsp3) is 0.500. The molecule has 1 spiro atoms. The number of phenolic OH excluding ortho intramolecular Hbond substituents is 1. The largest absolute Gasteiger partial charge is 0.508 e. The number of nitrogens with zero attached hydrogens (tertiary/aromatic N) is 8. The van der Waals surface area contributed by atoms with Crippen LogP contribution in [0.3, 0.4) is 0 Å². The number of likely N-dealkylation sites (tertiary alicyclic amines) is 1. The highest BCUT2D eigenvalue weighted by Gasteiger charge is 2.47. The molecule has 3 amide bonds. The average molecular weight is 931 g/mol. The minimum absolute atomic E-state index is 0.0275. The van der Waals surface area contributed by atoms with E-state index >= 15 is 8.78 Å². The van der Waals surface area contributed by atoms with Crippen LogP contribution in [0, 0.1) is 23.0 Å². The van der Waals surface area contributed by atoms with Crippen molar-refractivity contribution < 1.29 is 37.7 Å². The maximum atomic E-state index is 17.2. The Morgan fingerprint density at radius 2 is 1.79 bits per heavy atom. The van der Waals surface area contributed by atoms with Gasteiger partial charge < -0.3 is 34.6 Å². The smallest absolute Gasteiger partial charge is 0.319 e. The first-order valence-corrected chi connectivity index (χ1v) is 24.1. The molecule has 3 N–H and O–H groups in total. The van der Waals surface area contributed by atoms with Crippen LogP contribution >= 0.6 is 0 Å². The second-order valence-electron chi connectivity index (χ2n) is 19.8. The summed E-state index contributed by atoms with van der Waals surface area (Å²) in [5.74, 6) is -1.30. The van der Waals surface area contributed by atoms with Crippen molar-refractivity contribution in [2.45, 2.75) is 69.9 Å². The molecule has 5 saturated heterocycles. The number of amides is 3. The van der Waals surface area contributed by atoms with E-state index in [2.05, 4.69) is 40.2 Å². The van der Waals surface area contributed by atoms with Crippen LogP contribution in [0.2, 0.25) is 0 Å². The minimum atomic E-state index is -0.749. The second kappa shape index (κ2) is 17.8.